The summed E-state index contributed by atoms with van der Waals surface area (Å²) in [5.41, 5.74) is 4.21. The molecule has 0 saturated heterocycles. The van der Waals surface area contributed by atoms with Gasteiger partial charge >= 0.3 is 0 Å². The largest absolute Gasteiger partial charge is 0.375 e. The van der Waals surface area contributed by atoms with Gasteiger partial charge in [0.2, 0.25) is 5.91 Å². The lowest BCUT2D eigenvalue weighted by Gasteiger charge is -2.18. The number of benzene rings is 1. The van der Waals surface area contributed by atoms with Crippen molar-refractivity contribution >= 4 is 39.9 Å². The molecule has 0 aliphatic heterocycles. The van der Waals surface area contributed by atoms with Gasteiger partial charge in [0.1, 0.15) is 12.4 Å². The summed E-state index contributed by atoms with van der Waals surface area (Å²) in [6.07, 6.45) is 3.40. The van der Waals surface area contributed by atoms with E-state index in [1.54, 1.807) is 47.8 Å². The van der Waals surface area contributed by atoms with Crippen LogP contribution in [0.4, 0.5) is 5.69 Å². The Morgan fingerprint density at radius 3 is 2.69 bits per heavy atom. The fraction of sp³-hybridized carbons (Fsp3) is 0.217. The second-order valence-corrected chi connectivity index (χ2v) is 8.18. The smallest absolute Gasteiger partial charge is 0.256 e. The number of imidazole rings is 1. The SMILES string of the molecule is COCC(=O)Nc1cc(C(=O)N(C)Cc2ccsc2)c2c(c1)nc(-c1ccncc1)n2C. The van der Waals surface area contributed by atoms with E-state index in [1.165, 1.54) is 7.11 Å². The lowest BCUT2D eigenvalue weighted by molar-refractivity contribution is -0.119. The zero-order valence-corrected chi connectivity index (χ0v) is 18.8. The number of aromatic nitrogens is 3. The first-order valence-corrected chi connectivity index (χ1v) is 10.9. The number of rotatable bonds is 7. The molecule has 1 N–H and O–H groups in total. The van der Waals surface area contributed by atoms with Gasteiger partial charge in [-0.2, -0.15) is 11.3 Å². The van der Waals surface area contributed by atoms with Crippen molar-refractivity contribution in [2.75, 3.05) is 26.1 Å². The molecule has 4 rings (SSSR count). The molecule has 0 fully saturated rings. The Balaban J connectivity index is 1.81. The minimum atomic E-state index is -0.304. The zero-order valence-electron chi connectivity index (χ0n) is 18.0. The first-order valence-electron chi connectivity index (χ1n) is 9.94. The van der Waals surface area contributed by atoms with Crippen molar-refractivity contribution in [3.05, 3.63) is 64.6 Å². The van der Waals surface area contributed by atoms with E-state index in [2.05, 4.69) is 10.3 Å². The van der Waals surface area contributed by atoms with Gasteiger partial charge in [0.25, 0.3) is 5.91 Å². The molecule has 32 heavy (non-hydrogen) atoms. The van der Waals surface area contributed by atoms with Crippen LogP contribution in [-0.2, 0) is 23.1 Å². The van der Waals surface area contributed by atoms with Gasteiger partial charge < -0.3 is 19.5 Å². The number of fused-ring (bicyclic) bond motifs is 1. The van der Waals surface area contributed by atoms with Crippen LogP contribution in [0.1, 0.15) is 15.9 Å². The number of hydrogen-bond donors (Lipinski definition) is 1. The Morgan fingerprint density at radius 2 is 2.00 bits per heavy atom. The molecule has 0 spiro atoms. The van der Waals surface area contributed by atoms with Crippen molar-refractivity contribution in [3.8, 4) is 11.4 Å². The highest BCUT2D eigenvalue weighted by molar-refractivity contribution is 7.07. The van der Waals surface area contributed by atoms with Crippen LogP contribution < -0.4 is 5.32 Å². The first-order chi connectivity index (χ1) is 15.5. The molecule has 1 aromatic carbocycles. The van der Waals surface area contributed by atoms with Gasteiger partial charge in [0, 0.05) is 51.4 Å². The van der Waals surface area contributed by atoms with Crippen molar-refractivity contribution in [2.45, 2.75) is 6.54 Å². The average Bonchev–Trinajstić information content (AvgIpc) is 3.41. The lowest BCUT2D eigenvalue weighted by Crippen LogP contribution is -2.27. The number of ether oxygens (including phenoxy) is 1. The highest BCUT2D eigenvalue weighted by Crippen LogP contribution is 2.30. The fourth-order valence-corrected chi connectivity index (χ4v) is 4.27. The number of anilines is 1. The topological polar surface area (TPSA) is 89.3 Å². The van der Waals surface area contributed by atoms with Gasteiger partial charge in [0.15, 0.2) is 0 Å². The molecule has 3 aromatic heterocycles. The van der Waals surface area contributed by atoms with Crippen LogP contribution in [0.3, 0.4) is 0 Å². The summed E-state index contributed by atoms with van der Waals surface area (Å²) in [5.74, 6) is 0.243. The van der Waals surface area contributed by atoms with Crippen molar-refractivity contribution in [1.29, 1.82) is 0 Å². The number of aryl methyl sites for hydroxylation is 1. The summed E-state index contributed by atoms with van der Waals surface area (Å²) >= 11 is 1.59. The number of hydrogen-bond acceptors (Lipinski definition) is 6. The maximum absolute atomic E-state index is 13.5. The average molecular weight is 450 g/mol. The third kappa shape index (κ3) is 4.39. The monoisotopic (exact) mass is 449 g/mol. The predicted octanol–water partition coefficient (Wildman–Crippen LogP) is 3.55. The van der Waals surface area contributed by atoms with Crippen LogP contribution >= 0.6 is 11.3 Å². The minimum absolute atomic E-state index is 0.0795. The fourth-order valence-electron chi connectivity index (χ4n) is 3.61. The summed E-state index contributed by atoms with van der Waals surface area (Å²) in [5, 5.41) is 6.80. The normalized spacial score (nSPS) is 11.0. The highest BCUT2D eigenvalue weighted by atomic mass is 32.1. The van der Waals surface area contributed by atoms with E-state index >= 15 is 0 Å². The summed E-state index contributed by atoms with van der Waals surface area (Å²) in [6, 6.07) is 9.19. The zero-order chi connectivity index (χ0) is 22.7. The van der Waals surface area contributed by atoms with Crippen molar-refractivity contribution in [2.24, 2.45) is 7.05 Å². The van der Waals surface area contributed by atoms with Crippen molar-refractivity contribution in [1.82, 2.24) is 19.4 Å². The van der Waals surface area contributed by atoms with Crippen LogP contribution in [0, 0.1) is 0 Å². The molecule has 9 heteroatoms. The molecule has 8 nitrogen and oxygen atoms in total. The number of carbonyl (C=O) groups excluding carboxylic acids is 2. The number of amides is 2. The molecule has 0 aliphatic carbocycles. The maximum Gasteiger partial charge on any atom is 0.256 e. The Morgan fingerprint density at radius 1 is 1.22 bits per heavy atom. The van der Waals surface area contributed by atoms with Crippen molar-refractivity contribution in [3.63, 3.8) is 0 Å². The second-order valence-electron chi connectivity index (χ2n) is 7.40. The van der Waals surface area contributed by atoms with Gasteiger partial charge in [-0.1, -0.05) is 0 Å². The van der Waals surface area contributed by atoms with Crippen LogP contribution in [0.5, 0.6) is 0 Å². The standard InChI is InChI=1S/C23H23N5O3S/c1-27(12-15-6-9-32-14-15)23(30)18-10-17(25-20(29)13-31-3)11-19-21(18)28(2)22(26-19)16-4-7-24-8-5-16/h4-11,14H,12-13H2,1-3H3,(H,25,29). The minimum Gasteiger partial charge on any atom is -0.375 e. The number of nitrogens with one attached hydrogen (secondary N) is 1. The maximum atomic E-state index is 13.5. The molecule has 0 unspecified atom stereocenters. The molecule has 4 aromatic rings. The van der Waals surface area contributed by atoms with E-state index in [9.17, 15) is 9.59 Å². The van der Waals surface area contributed by atoms with E-state index in [-0.39, 0.29) is 18.4 Å². The van der Waals surface area contributed by atoms with Gasteiger partial charge in [-0.15, -0.1) is 0 Å². The van der Waals surface area contributed by atoms with Crippen LogP contribution in [0.2, 0.25) is 0 Å². The van der Waals surface area contributed by atoms with E-state index in [0.717, 1.165) is 11.1 Å². The first kappa shape index (κ1) is 21.7. The van der Waals surface area contributed by atoms with Crippen LogP contribution in [0.15, 0.2) is 53.5 Å². The molecule has 164 valence electrons. The summed E-state index contributed by atoms with van der Waals surface area (Å²) in [6.45, 7) is 0.406. The van der Waals surface area contributed by atoms with Gasteiger partial charge in [0.05, 0.1) is 16.6 Å². The van der Waals surface area contributed by atoms with Gasteiger partial charge in [-0.25, -0.2) is 4.98 Å². The number of carbonyl (C=O) groups is 2. The van der Waals surface area contributed by atoms with Crippen LogP contribution in [-0.4, -0.2) is 52.0 Å². The quantitative estimate of drug-likeness (QED) is 0.466. The number of thiophene rings is 1. The van der Waals surface area contributed by atoms with E-state index in [0.29, 0.717) is 34.7 Å². The lowest BCUT2D eigenvalue weighted by atomic mass is 10.1. The van der Waals surface area contributed by atoms with E-state index in [1.807, 2.05) is 40.6 Å². The number of nitrogens with zero attached hydrogens (tertiary/aromatic N) is 4. The van der Waals surface area contributed by atoms with Gasteiger partial charge in [-0.05, 0) is 46.7 Å². The Kier molecular flexibility index (Phi) is 6.29. The van der Waals surface area contributed by atoms with Crippen molar-refractivity contribution < 1.29 is 14.3 Å². The summed E-state index contributed by atoms with van der Waals surface area (Å²) < 4.78 is 6.81. The molecule has 2 amide bonds. The molecule has 0 bridgehead atoms. The number of methoxy groups -OCH3 is 1. The Hall–Kier alpha value is -3.56. The molecule has 0 atom stereocenters. The third-order valence-electron chi connectivity index (χ3n) is 5.04. The molecule has 0 radical (unpaired) electrons. The summed E-state index contributed by atoms with van der Waals surface area (Å²) in [7, 11) is 5.10. The molecule has 0 aliphatic rings. The summed E-state index contributed by atoms with van der Waals surface area (Å²) in [4.78, 5) is 36.1. The van der Waals surface area contributed by atoms with Crippen LogP contribution in [0.25, 0.3) is 22.4 Å². The van der Waals surface area contributed by atoms with E-state index < -0.39 is 0 Å². The van der Waals surface area contributed by atoms with Gasteiger partial charge in [-0.3, -0.25) is 14.6 Å². The third-order valence-corrected chi connectivity index (χ3v) is 5.78. The molecule has 0 saturated carbocycles. The second kappa shape index (κ2) is 9.29. The Bertz CT molecular complexity index is 1250. The molecular formula is C23H23N5O3S. The predicted molar refractivity (Wildman–Crippen MR) is 125 cm³/mol. The Labute approximate surface area is 189 Å². The molecular weight excluding hydrogens is 426 g/mol. The molecule has 3 heterocycles. The number of pyridine rings is 1. The van der Waals surface area contributed by atoms with E-state index in [4.69, 9.17) is 9.72 Å². The highest BCUT2D eigenvalue weighted by Gasteiger charge is 2.22.